The summed E-state index contributed by atoms with van der Waals surface area (Å²) in [4.78, 5) is 25.6. The third-order valence-corrected chi connectivity index (χ3v) is 5.29. The number of carbonyl (C=O) groups excluding carboxylic acids is 1. The van der Waals surface area contributed by atoms with E-state index in [2.05, 4.69) is 22.8 Å². The number of amides is 1. The van der Waals surface area contributed by atoms with E-state index in [1.54, 1.807) is 4.90 Å². The van der Waals surface area contributed by atoms with Gasteiger partial charge in [-0.1, -0.05) is 24.3 Å². The molecule has 1 aliphatic heterocycles. The number of carbonyl (C=O) groups is 2. The summed E-state index contributed by atoms with van der Waals surface area (Å²) in [6.45, 7) is 1.16. The molecule has 140 valence electrons. The third-order valence-electron chi connectivity index (χ3n) is 5.29. The molecule has 6 nitrogen and oxygen atoms in total. The Hall–Kier alpha value is -2.86. The maximum absolute atomic E-state index is 12.8. The van der Waals surface area contributed by atoms with Crippen LogP contribution in [0.5, 0.6) is 0 Å². The Morgan fingerprint density at radius 1 is 1.15 bits per heavy atom. The van der Waals surface area contributed by atoms with Gasteiger partial charge in [0, 0.05) is 35.4 Å². The van der Waals surface area contributed by atoms with Crippen LogP contribution >= 0.6 is 0 Å². The van der Waals surface area contributed by atoms with Crippen molar-refractivity contribution in [1.29, 1.82) is 0 Å². The van der Waals surface area contributed by atoms with Crippen LogP contribution in [0.3, 0.4) is 0 Å². The maximum Gasteiger partial charge on any atom is 0.305 e. The van der Waals surface area contributed by atoms with Gasteiger partial charge in [-0.25, -0.2) is 0 Å². The van der Waals surface area contributed by atoms with Crippen LogP contribution in [-0.2, 0) is 27.8 Å². The maximum atomic E-state index is 12.8. The molecule has 2 aromatic carbocycles. The van der Waals surface area contributed by atoms with E-state index >= 15 is 0 Å². The second kappa shape index (κ2) is 7.04. The molecular weight excluding hydrogens is 344 g/mol. The van der Waals surface area contributed by atoms with E-state index in [1.807, 2.05) is 31.3 Å². The molecule has 1 N–H and O–H groups in total. The van der Waals surface area contributed by atoms with Crippen LogP contribution in [0, 0.1) is 0 Å². The molecule has 4 rings (SSSR count). The van der Waals surface area contributed by atoms with Crippen LogP contribution in [0.25, 0.3) is 21.8 Å². The van der Waals surface area contributed by atoms with Crippen molar-refractivity contribution >= 4 is 33.7 Å². The van der Waals surface area contributed by atoms with Gasteiger partial charge in [0.2, 0.25) is 5.91 Å². The summed E-state index contributed by atoms with van der Waals surface area (Å²) < 4.78 is 7.52. The first-order valence-electron chi connectivity index (χ1n) is 9.09. The molecule has 1 fully saturated rings. The van der Waals surface area contributed by atoms with Crippen molar-refractivity contribution in [3.8, 4) is 0 Å². The average molecular weight is 366 g/mol. The van der Waals surface area contributed by atoms with E-state index in [-0.39, 0.29) is 25.4 Å². The minimum atomic E-state index is -0.916. The average Bonchev–Trinajstić information content (AvgIpc) is 2.94. The lowest BCUT2D eigenvalue weighted by Gasteiger charge is -2.35. The van der Waals surface area contributed by atoms with Crippen molar-refractivity contribution in [3.63, 3.8) is 0 Å². The number of hydrogen-bond acceptors (Lipinski definition) is 3. The summed E-state index contributed by atoms with van der Waals surface area (Å²) in [7, 11) is 2.04. The second-order valence-corrected chi connectivity index (χ2v) is 7.02. The smallest absolute Gasteiger partial charge is 0.305 e. The van der Waals surface area contributed by atoms with Crippen LogP contribution in [-0.4, -0.2) is 52.3 Å². The van der Waals surface area contributed by atoms with Gasteiger partial charge in [-0.2, -0.15) is 0 Å². The molecule has 1 unspecified atom stereocenters. The topological polar surface area (TPSA) is 71.8 Å². The van der Waals surface area contributed by atoms with Crippen LogP contribution in [0.2, 0.25) is 0 Å². The van der Waals surface area contributed by atoms with Crippen molar-refractivity contribution in [1.82, 2.24) is 9.47 Å². The molecule has 6 heteroatoms. The van der Waals surface area contributed by atoms with Crippen molar-refractivity contribution < 1.29 is 19.4 Å². The number of carboxylic acids is 1. The second-order valence-electron chi connectivity index (χ2n) is 7.02. The number of para-hydroxylation sites is 1. The lowest BCUT2D eigenvalue weighted by molar-refractivity contribution is -0.145. The predicted molar refractivity (Wildman–Crippen MR) is 103 cm³/mol. The summed E-state index contributed by atoms with van der Waals surface area (Å²) in [6, 6.07) is 13.9. The highest BCUT2D eigenvalue weighted by molar-refractivity contribution is 6.08. The highest BCUT2D eigenvalue weighted by atomic mass is 16.5. The Balaban J connectivity index is 1.62. The van der Waals surface area contributed by atoms with Crippen LogP contribution in [0.15, 0.2) is 42.5 Å². The molecule has 0 saturated carbocycles. The Kier molecular flexibility index (Phi) is 4.58. The van der Waals surface area contributed by atoms with Gasteiger partial charge in [0.25, 0.3) is 0 Å². The monoisotopic (exact) mass is 366 g/mol. The molecule has 1 amide bonds. The van der Waals surface area contributed by atoms with Crippen molar-refractivity contribution in [2.24, 2.45) is 7.05 Å². The third kappa shape index (κ3) is 3.28. The summed E-state index contributed by atoms with van der Waals surface area (Å²) in [6.07, 6.45) is 0.170. The van der Waals surface area contributed by atoms with Gasteiger partial charge in [0.05, 0.1) is 32.1 Å². The molecule has 0 aliphatic carbocycles. The first kappa shape index (κ1) is 17.5. The summed E-state index contributed by atoms with van der Waals surface area (Å²) >= 11 is 0. The molecule has 3 aromatic rings. The molecule has 0 radical (unpaired) electrons. The Bertz CT molecular complexity index is 1020. The highest BCUT2D eigenvalue weighted by Crippen LogP contribution is 2.29. The lowest BCUT2D eigenvalue weighted by atomic mass is 10.0. The van der Waals surface area contributed by atoms with E-state index in [1.165, 1.54) is 5.39 Å². The number of rotatable bonds is 4. The fraction of sp³-hybridized carbons (Fsp3) is 0.333. The fourth-order valence-electron chi connectivity index (χ4n) is 3.96. The van der Waals surface area contributed by atoms with Gasteiger partial charge in [-0.05, 0) is 23.8 Å². The normalized spacial score (nSPS) is 17.5. The van der Waals surface area contributed by atoms with E-state index in [9.17, 15) is 9.59 Å². The SMILES string of the molecule is Cn1c2ccccc2c2cc(CC(=O)N3CCOCC3CC(=O)O)ccc21. The Morgan fingerprint density at radius 2 is 1.93 bits per heavy atom. The standard InChI is InChI=1S/C21H22N2O4/c1-22-18-5-3-2-4-16(18)17-10-14(6-7-19(17)22)11-20(24)23-8-9-27-13-15(23)12-21(25)26/h2-7,10,15H,8-9,11-13H2,1H3,(H,25,26). The van der Waals surface area contributed by atoms with Crippen molar-refractivity contribution in [2.45, 2.75) is 18.9 Å². The Morgan fingerprint density at radius 3 is 2.74 bits per heavy atom. The van der Waals surface area contributed by atoms with E-state index in [0.717, 1.165) is 22.0 Å². The number of aromatic nitrogens is 1. The summed E-state index contributed by atoms with van der Waals surface area (Å²) in [5, 5.41) is 11.4. The van der Waals surface area contributed by atoms with Gasteiger partial charge in [0.1, 0.15) is 0 Å². The molecule has 1 atom stereocenters. The number of carboxylic acid groups (broad SMARTS) is 1. The molecule has 27 heavy (non-hydrogen) atoms. The van der Waals surface area contributed by atoms with Gasteiger partial charge >= 0.3 is 5.97 Å². The van der Waals surface area contributed by atoms with Gasteiger partial charge in [-0.15, -0.1) is 0 Å². The van der Waals surface area contributed by atoms with E-state index in [0.29, 0.717) is 13.2 Å². The number of benzene rings is 2. The quantitative estimate of drug-likeness (QED) is 0.770. The van der Waals surface area contributed by atoms with E-state index < -0.39 is 12.0 Å². The number of ether oxygens (including phenoxy) is 1. The molecule has 0 bridgehead atoms. The number of nitrogens with zero attached hydrogens (tertiary/aromatic N) is 2. The van der Waals surface area contributed by atoms with Crippen molar-refractivity contribution in [2.75, 3.05) is 19.8 Å². The first-order chi connectivity index (χ1) is 13.0. The van der Waals surface area contributed by atoms with Gasteiger partial charge in [-0.3, -0.25) is 9.59 Å². The fourth-order valence-corrected chi connectivity index (χ4v) is 3.96. The molecule has 1 saturated heterocycles. The minimum Gasteiger partial charge on any atom is -0.481 e. The Labute approximate surface area is 156 Å². The molecule has 1 aliphatic rings. The number of fused-ring (bicyclic) bond motifs is 3. The molecule has 0 spiro atoms. The lowest BCUT2D eigenvalue weighted by Crippen LogP contribution is -2.50. The highest BCUT2D eigenvalue weighted by Gasteiger charge is 2.29. The van der Waals surface area contributed by atoms with Gasteiger partial charge < -0.3 is 19.3 Å². The molecular formula is C21H22N2O4. The largest absolute Gasteiger partial charge is 0.481 e. The minimum absolute atomic E-state index is 0.0517. The van der Waals surface area contributed by atoms with E-state index in [4.69, 9.17) is 9.84 Å². The van der Waals surface area contributed by atoms with Crippen LogP contribution < -0.4 is 0 Å². The summed E-state index contributed by atoms with van der Waals surface area (Å²) in [5.74, 6) is -0.968. The number of morpholine rings is 1. The van der Waals surface area contributed by atoms with Crippen LogP contribution in [0.1, 0.15) is 12.0 Å². The van der Waals surface area contributed by atoms with Crippen LogP contribution in [0.4, 0.5) is 0 Å². The molecule has 2 heterocycles. The first-order valence-corrected chi connectivity index (χ1v) is 9.09. The number of aliphatic carboxylic acids is 1. The zero-order chi connectivity index (χ0) is 19.0. The zero-order valence-electron chi connectivity index (χ0n) is 15.2. The predicted octanol–water partition coefficient (Wildman–Crippen LogP) is 2.58. The molecule has 1 aromatic heterocycles. The number of hydrogen-bond donors (Lipinski definition) is 1. The van der Waals surface area contributed by atoms with Gasteiger partial charge in [0.15, 0.2) is 0 Å². The zero-order valence-corrected chi connectivity index (χ0v) is 15.2. The number of aryl methyl sites for hydroxylation is 1. The summed E-state index contributed by atoms with van der Waals surface area (Å²) in [5.41, 5.74) is 3.22. The van der Waals surface area contributed by atoms with Crippen molar-refractivity contribution in [3.05, 3.63) is 48.0 Å².